The lowest BCUT2D eigenvalue weighted by Gasteiger charge is -2.28. The van der Waals surface area contributed by atoms with Gasteiger partial charge < -0.3 is 4.90 Å². The molecular formula is C23H29NOS2. The van der Waals surface area contributed by atoms with Crippen molar-refractivity contribution in [3.8, 4) is 0 Å². The van der Waals surface area contributed by atoms with Crippen LogP contribution in [0.3, 0.4) is 0 Å². The highest BCUT2D eigenvalue weighted by atomic mass is 32.2. The zero-order valence-corrected chi connectivity index (χ0v) is 17.8. The second kappa shape index (κ2) is 10.2. The predicted molar refractivity (Wildman–Crippen MR) is 119 cm³/mol. The summed E-state index contributed by atoms with van der Waals surface area (Å²) in [5.41, 5.74) is 2.70. The Labute approximate surface area is 172 Å². The van der Waals surface area contributed by atoms with E-state index >= 15 is 0 Å². The number of nitrogens with zero attached hydrogens (tertiary/aromatic N) is 1. The summed E-state index contributed by atoms with van der Waals surface area (Å²) in [5, 5.41) is 0. The van der Waals surface area contributed by atoms with Crippen LogP contribution in [-0.4, -0.2) is 34.4 Å². The molecule has 0 N–H and O–H groups in total. The zero-order valence-electron chi connectivity index (χ0n) is 16.2. The van der Waals surface area contributed by atoms with Gasteiger partial charge in [-0.05, 0) is 31.4 Å². The number of rotatable bonds is 9. The number of benzene rings is 2. The van der Waals surface area contributed by atoms with Crippen LogP contribution in [0.4, 0.5) is 0 Å². The van der Waals surface area contributed by atoms with Crippen molar-refractivity contribution < 1.29 is 4.79 Å². The first-order valence-electron chi connectivity index (χ1n) is 9.70. The number of hydrogen-bond donors (Lipinski definition) is 0. The Hall–Kier alpha value is -1.39. The van der Waals surface area contributed by atoms with E-state index in [2.05, 4.69) is 73.3 Å². The molecule has 1 aliphatic rings. The summed E-state index contributed by atoms with van der Waals surface area (Å²) in [6, 6.07) is 21.8. The number of hydrogen-bond acceptors (Lipinski definition) is 3. The van der Waals surface area contributed by atoms with Crippen molar-refractivity contribution in [2.75, 3.05) is 11.5 Å². The molecule has 0 radical (unpaired) electrons. The van der Waals surface area contributed by atoms with Crippen molar-refractivity contribution in [2.45, 2.75) is 43.9 Å². The van der Waals surface area contributed by atoms with Crippen LogP contribution < -0.4 is 0 Å². The highest BCUT2D eigenvalue weighted by molar-refractivity contribution is 7.98. The summed E-state index contributed by atoms with van der Waals surface area (Å²) < 4.78 is 0. The second-order valence-corrected chi connectivity index (χ2v) is 9.49. The molecule has 1 amide bonds. The lowest BCUT2D eigenvalue weighted by Crippen LogP contribution is -2.40. The average molecular weight is 400 g/mol. The fourth-order valence-electron chi connectivity index (χ4n) is 3.68. The van der Waals surface area contributed by atoms with Gasteiger partial charge in [-0.2, -0.15) is 23.5 Å². The first-order valence-corrected chi connectivity index (χ1v) is 12.0. The van der Waals surface area contributed by atoms with Crippen molar-refractivity contribution in [3.05, 3.63) is 71.8 Å². The minimum absolute atomic E-state index is 0.170. The summed E-state index contributed by atoms with van der Waals surface area (Å²) in [6.07, 6.45) is 1.00. The molecule has 1 saturated heterocycles. The second-order valence-electron chi connectivity index (χ2n) is 7.43. The van der Waals surface area contributed by atoms with E-state index in [4.69, 9.17) is 0 Å². The lowest BCUT2D eigenvalue weighted by molar-refractivity contribution is -0.132. The summed E-state index contributed by atoms with van der Waals surface area (Å²) in [6.45, 7) is 4.29. The summed E-state index contributed by atoms with van der Waals surface area (Å²) in [7, 11) is 0. The Balaban J connectivity index is 1.50. The Morgan fingerprint density at radius 1 is 0.889 bits per heavy atom. The maximum absolute atomic E-state index is 12.9. The first-order chi connectivity index (χ1) is 13.1. The van der Waals surface area contributed by atoms with Crippen LogP contribution in [0.15, 0.2) is 60.7 Å². The topological polar surface area (TPSA) is 20.3 Å². The van der Waals surface area contributed by atoms with Crippen LogP contribution >= 0.6 is 23.5 Å². The quantitative estimate of drug-likeness (QED) is 0.557. The van der Waals surface area contributed by atoms with Crippen molar-refractivity contribution in [3.63, 3.8) is 0 Å². The summed E-state index contributed by atoms with van der Waals surface area (Å²) >= 11 is 3.84. The highest BCUT2D eigenvalue weighted by Gasteiger charge is 2.40. The Morgan fingerprint density at radius 2 is 1.41 bits per heavy atom. The van der Waals surface area contributed by atoms with Crippen LogP contribution in [0.1, 0.15) is 31.4 Å². The molecule has 0 aliphatic carbocycles. The van der Waals surface area contributed by atoms with Crippen LogP contribution in [0.2, 0.25) is 0 Å². The molecule has 1 aliphatic heterocycles. The van der Waals surface area contributed by atoms with E-state index in [1.54, 1.807) is 0 Å². The highest BCUT2D eigenvalue weighted by Crippen LogP contribution is 2.32. The van der Waals surface area contributed by atoms with Gasteiger partial charge in [0.2, 0.25) is 5.91 Å². The Bertz CT molecular complexity index is 705. The molecule has 2 nitrogen and oxygen atoms in total. The van der Waals surface area contributed by atoms with E-state index in [0.29, 0.717) is 11.9 Å². The lowest BCUT2D eigenvalue weighted by atomic mass is 10.1. The largest absolute Gasteiger partial charge is 0.336 e. The zero-order chi connectivity index (χ0) is 19.1. The van der Waals surface area contributed by atoms with Crippen LogP contribution in [0.25, 0.3) is 0 Å². The maximum Gasteiger partial charge on any atom is 0.227 e. The molecule has 4 heteroatoms. The standard InChI is InChI=1S/C23H29NOS2/c1-18(2)24-22(17-27-15-20-11-7-4-8-12-20)13-21(23(24)25)16-26-14-19-9-5-3-6-10-19/h3-12,18,21-22H,13-17H2,1-2H3/t21-,22-/m1/s1. The van der Waals surface area contributed by atoms with Crippen LogP contribution in [0, 0.1) is 5.92 Å². The molecule has 3 rings (SSSR count). The van der Waals surface area contributed by atoms with E-state index in [1.165, 1.54) is 11.1 Å². The normalized spacial score (nSPS) is 19.8. The van der Waals surface area contributed by atoms with E-state index in [1.807, 2.05) is 29.6 Å². The van der Waals surface area contributed by atoms with Gasteiger partial charge in [0.25, 0.3) is 0 Å². The third-order valence-corrected chi connectivity index (χ3v) is 7.30. The molecule has 0 unspecified atom stereocenters. The smallest absolute Gasteiger partial charge is 0.227 e. The van der Waals surface area contributed by atoms with E-state index in [9.17, 15) is 4.79 Å². The molecule has 1 fully saturated rings. The van der Waals surface area contributed by atoms with E-state index in [0.717, 1.165) is 29.4 Å². The van der Waals surface area contributed by atoms with Crippen molar-refractivity contribution in [2.24, 2.45) is 5.92 Å². The van der Waals surface area contributed by atoms with Gasteiger partial charge in [0.05, 0.1) is 0 Å². The fourth-order valence-corrected chi connectivity index (χ4v) is 5.90. The molecule has 27 heavy (non-hydrogen) atoms. The molecule has 0 spiro atoms. The van der Waals surface area contributed by atoms with Gasteiger partial charge in [-0.3, -0.25) is 4.79 Å². The number of thioether (sulfide) groups is 2. The van der Waals surface area contributed by atoms with Crippen LogP contribution in [0.5, 0.6) is 0 Å². The summed E-state index contributed by atoms with van der Waals surface area (Å²) in [4.78, 5) is 15.1. The number of likely N-dealkylation sites (tertiary alicyclic amines) is 1. The van der Waals surface area contributed by atoms with Gasteiger partial charge in [-0.1, -0.05) is 60.7 Å². The van der Waals surface area contributed by atoms with Gasteiger partial charge in [0.15, 0.2) is 0 Å². The number of carbonyl (C=O) groups is 1. The van der Waals surface area contributed by atoms with Gasteiger partial charge in [0, 0.05) is 41.0 Å². The molecule has 0 aromatic heterocycles. The van der Waals surface area contributed by atoms with Crippen molar-refractivity contribution >= 4 is 29.4 Å². The van der Waals surface area contributed by atoms with Gasteiger partial charge in [-0.15, -0.1) is 0 Å². The monoisotopic (exact) mass is 399 g/mol. The van der Waals surface area contributed by atoms with Crippen molar-refractivity contribution in [1.82, 2.24) is 4.90 Å². The first kappa shape index (κ1) is 20.3. The Morgan fingerprint density at radius 3 is 1.93 bits per heavy atom. The summed E-state index contributed by atoms with van der Waals surface area (Å²) in [5.74, 6) is 4.49. The molecule has 2 aromatic rings. The molecule has 1 heterocycles. The molecule has 2 aromatic carbocycles. The number of carbonyl (C=O) groups excluding carboxylic acids is 1. The fraction of sp³-hybridized carbons (Fsp3) is 0.435. The molecular weight excluding hydrogens is 370 g/mol. The molecule has 0 bridgehead atoms. The van der Waals surface area contributed by atoms with E-state index < -0.39 is 0 Å². The van der Waals surface area contributed by atoms with Gasteiger partial charge in [-0.25, -0.2) is 0 Å². The van der Waals surface area contributed by atoms with Gasteiger partial charge in [0.1, 0.15) is 0 Å². The van der Waals surface area contributed by atoms with Crippen molar-refractivity contribution in [1.29, 1.82) is 0 Å². The van der Waals surface area contributed by atoms with Gasteiger partial charge >= 0.3 is 0 Å². The number of amides is 1. The predicted octanol–water partition coefficient (Wildman–Crippen LogP) is 5.48. The van der Waals surface area contributed by atoms with E-state index in [-0.39, 0.29) is 12.0 Å². The molecule has 0 saturated carbocycles. The Kier molecular flexibility index (Phi) is 7.71. The third-order valence-electron chi connectivity index (χ3n) is 4.96. The molecule has 144 valence electrons. The minimum atomic E-state index is 0.170. The SMILES string of the molecule is CC(C)N1C(=O)[C@@H](CSCc2ccccc2)C[C@@H]1CSCc1ccccc1. The third kappa shape index (κ3) is 5.79. The minimum Gasteiger partial charge on any atom is -0.336 e. The molecule has 2 atom stereocenters. The maximum atomic E-state index is 12.9. The average Bonchev–Trinajstić information content (AvgIpc) is 2.99. The van der Waals surface area contributed by atoms with Crippen LogP contribution in [-0.2, 0) is 16.3 Å².